The zero-order chi connectivity index (χ0) is 20.6. The summed E-state index contributed by atoms with van der Waals surface area (Å²) < 4.78 is 25.4. The number of hydrogen-bond acceptors (Lipinski definition) is 6. The number of nitrogens with zero attached hydrogens (tertiary/aromatic N) is 2. The largest absolute Gasteiger partial charge is 0.343 e. The van der Waals surface area contributed by atoms with E-state index in [0.717, 1.165) is 4.88 Å². The van der Waals surface area contributed by atoms with Crippen LogP contribution in [-0.4, -0.2) is 30.0 Å². The van der Waals surface area contributed by atoms with Crippen molar-refractivity contribution in [2.45, 2.75) is 18.1 Å². The average Bonchev–Trinajstić information content (AvgIpc) is 3.36. The molecule has 3 heterocycles. The van der Waals surface area contributed by atoms with Crippen molar-refractivity contribution < 1.29 is 18.0 Å². The maximum Gasteiger partial charge on any atom is 0.314 e. The molecule has 0 spiro atoms. The van der Waals surface area contributed by atoms with Crippen LogP contribution in [0.2, 0.25) is 5.02 Å². The SMILES string of the molecule is O=C(NCc1cccs1)C(=O)Nc1c2c(nn1-c1ccc(Cl)cc1)CS(=O)(=O)C2. The first-order valence-corrected chi connectivity index (χ1v) is 11.6. The lowest BCUT2D eigenvalue weighted by Crippen LogP contribution is -2.35. The predicted octanol–water partition coefficient (Wildman–Crippen LogP) is 2.27. The summed E-state index contributed by atoms with van der Waals surface area (Å²) in [4.78, 5) is 25.5. The van der Waals surface area contributed by atoms with E-state index in [0.29, 0.717) is 22.0 Å². The van der Waals surface area contributed by atoms with E-state index in [9.17, 15) is 18.0 Å². The lowest BCUT2D eigenvalue weighted by atomic mass is 10.2. The molecule has 8 nitrogen and oxygen atoms in total. The van der Waals surface area contributed by atoms with Gasteiger partial charge < -0.3 is 10.6 Å². The number of fused-ring (bicyclic) bond motifs is 1. The van der Waals surface area contributed by atoms with Crippen LogP contribution in [0.25, 0.3) is 5.69 Å². The van der Waals surface area contributed by atoms with Crippen molar-refractivity contribution in [3.63, 3.8) is 0 Å². The molecule has 1 aliphatic rings. The minimum atomic E-state index is -3.33. The molecule has 4 rings (SSSR count). The molecule has 0 saturated carbocycles. The number of carbonyl (C=O) groups excluding carboxylic acids is 2. The molecule has 2 aromatic heterocycles. The molecule has 0 fully saturated rings. The van der Waals surface area contributed by atoms with E-state index in [1.807, 2.05) is 17.5 Å². The van der Waals surface area contributed by atoms with Gasteiger partial charge in [0.25, 0.3) is 0 Å². The van der Waals surface area contributed by atoms with Crippen LogP contribution in [0, 0.1) is 0 Å². The standard InChI is InChI=1S/C18H15ClN4O4S2/c19-11-3-5-12(6-4-11)23-16(14-9-29(26,27)10-15(14)22-23)21-18(25)17(24)20-8-13-2-1-7-28-13/h1-7H,8-10H2,(H,20,24)(H,21,25). The number of rotatable bonds is 4. The molecule has 0 radical (unpaired) electrons. The van der Waals surface area contributed by atoms with Crippen LogP contribution in [0.5, 0.6) is 0 Å². The minimum absolute atomic E-state index is 0.166. The third-order valence-electron chi connectivity index (χ3n) is 4.30. The summed E-state index contributed by atoms with van der Waals surface area (Å²) in [6.07, 6.45) is 0. The van der Waals surface area contributed by atoms with Gasteiger partial charge in [0.15, 0.2) is 9.84 Å². The predicted molar refractivity (Wildman–Crippen MR) is 110 cm³/mol. The molecule has 11 heteroatoms. The Hall–Kier alpha value is -2.69. The van der Waals surface area contributed by atoms with Gasteiger partial charge in [-0.05, 0) is 35.7 Å². The van der Waals surface area contributed by atoms with Gasteiger partial charge in [0.05, 0.1) is 29.4 Å². The van der Waals surface area contributed by atoms with Crippen molar-refractivity contribution in [1.82, 2.24) is 15.1 Å². The highest BCUT2D eigenvalue weighted by Gasteiger charge is 2.33. The average molecular weight is 451 g/mol. The van der Waals surface area contributed by atoms with Crippen LogP contribution in [0.1, 0.15) is 16.1 Å². The highest BCUT2D eigenvalue weighted by molar-refractivity contribution is 7.90. The van der Waals surface area contributed by atoms with E-state index in [1.54, 1.807) is 24.3 Å². The van der Waals surface area contributed by atoms with Crippen LogP contribution >= 0.6 is 22.9 Å². The Kier molecular flexibility index (Phi) is 5.15. The van der Waals surface area contributed by atoms with Crippen molar-refractivity contribution >= 4 is 50.4 Å². The normalized spacial score (nSPS) is 14.4. The van der Waals surface area contributed by atoms with E-state index < -0.39 is 21.7 Å². The second kappa shape index (κ2) is 7.62. The number of carbonyl (C=O) groups is 2. The monoisotopic (exact) mass is 450 g/mol. The Labute approximate surface area is 175 Å². The number of aromatic nitrogens is 2. The first kappa shape index (κ1) is 19.6. The summed E-state index contributed by atoms with van der Waals surface area (Å²) in [5.74, 6) is -2.01. The maximum absolute atomic E-state index is 12.4. The zero-order valence-corrected chi connectivity index (χ0v) is 17.3. The van der Waals surface area contributed by atoms with E-state index in [4.69, 9.17) is 11.6 Å². The Morgan fingerprint density at radius 1 is 1.14 bits per heavy atom. The Morgan fingerprint density at radius 2 is 1.90 bits per heavy atom. The van der Waals surface area contributed by atoms with Gasteiger partial charge in [-0.25, -0.2) is 13.1 Å². The number of amides is 2. The lowest BCUT2D eigenvalue weighted by molar-refractivity contribution is -0.136. The number of nitrogens with one attached hydrogen (secondary N) is 2. The van der Waals surface area contributed by atoms with Gasteiger partial charge in [-0.15, -0.1) is 11.3 Å². The van der Waals surface area contributed by atoms with Crippen molar-refractivity contribution in [2.24, 2.45) is 0 Å². The molecule has 2 amide bonds. The Balaban J connectivity index is 1.60. The van der Waals surface area contributed by atoms with Gasteiger partial charge in [0.1, 0.15) is 5.82 Å². The molecule has 1 aliphatic heterocycles. The fourth-order valence-electron chi connectivity index (χ4n) is 2.97. The molecule has 0 unspecified atom stereocenters. The molecule has 150 valence electrons. The minimum Gasteiger partial charge on any atom is -0.343 e. The summed E-state index contributed by atoms with van der Waals surface area (Å²) in [5.41, 5.74) is 1.32. The fourth-order valence-corrected chi connectivity index (χ4v) is 5.23. The number of benzene rings is 1. The fraction of sp³-hybridized carbons (Fsp3) is 0.167. The summed E-state index contributed by atoms with van der Waals surface area (Å²) >= 11 is 7.38. The van der Waals surface area contributed by atoms with Crippen LogP contribution < -0.4 is 10.6 Å². The molecule has 0 atom stereocenters. The topological polar surface area (TPSA) is 110 Å². The summed E-state index contributed by atoms with van der Waals surface area (Å²) in [7, 11) is -3.33. The third-order valence-corrected chi connectivity index (χ3v) is 6.87. The summed E-state index contributed by atoms with van der Waals surface area (Å²) in [6, 6.07) is 10.4. The number of halogens is 1. The molecule has 0 bridgehead atoms. The van der Waals surface area contributed by atoms with E-state index in [-0.39, 0.29) is 23.9 Å². The number of sulfone groups is 1. The van der Waals surface area contributed by atoms with Gasteiger partial charge in [-0.2, -0.15) is 5.10 Å². The Bertz CT molecular complexity index is 1190. The number of anilines is 1. The molecular weight excluding hydrogens is 436 g/mol. The number of hydrogen-bond donors (Lipinski definition) is 2. The smallest absolute Gasteiger partial charge is 0.314 e. The van der Waals surface area contributed by atoms with Crippen molar-refractivity contribution in [1.29, 1.82) is 0 Å². The van der Waals surface area contributed by atoms with Crippen molar-refractivity contribution in [2.75, 3.05) is 5.32 Å². The highest BCUT2D eigenvalue weighted by atomic mass is 35.5. The first-order chi connectivity index (χ1) is 13.8. The number of thiophene rings is 1. The van der Waals surface area contributed by atoms with Gasteiger partial charge in [0.2, 0.25) is 0 Å². The third kappa shape index (κ3) is 4.19. The zero-order valence-electron chi connectivity index (χ0n) is 14.9. The quantitative estimate of drug-likeness (QED) is 0.592. The molecule has 2 N–H and O–H groups in total. The van der Waals surface area contributed by atoms with E-state index in [1.165, 1.54) is 16.0 Å². The van der Waals surface area contributed by atoms with Crippen LogP contribution in [0.15, 0.2) is 41.8 Å². The lowest BCUT2D eigenvalue weighted by Gasteiger charge is -2.11. The molecule has 3 aromatic rings. The summed E-state index contributed by atoms with van der Waals surface area (Å²) in [5, 5.41) is 11.8. The highest BCUT2D eigenvalue weighted by Crippen LogP contribution is 2.33. The van der Waals surface area contributed by atoms with E-state index in [2.05, 4.69) is 15.7 Å². The molecule has 0 saturated heterocycles. The van der Waals surface area contributed by atoms with Crippen LogP contribution in [0.3, 0.4) is 0 Å². The maximum atomic E-state index is 12.4. The van der Waals surface area contributed by atoms with Crippen LogP contribution in [0.4, 0.5) is 5.82 Å². The van der Waals surface area contributed by atoms with Gasteiger partial charge in [-0.1, -0.05) is 17.7 Å². The van der Waals surface area contributed by atoms with Gasteiger partial charge in [0, 0.05) is 15.5 Å². The Morgan fingerprint density at radius 3 is 2.59 bits per heavy atom. The first-order valence-electron chi connectivity index (χ1n) is 8.51. The second-order valence-electron chi connectivity index (χ2n) is 6.41. The molecular formula is C18H15ClN4O4S2. The van der Waals surface area contributed by atoms with Gasteiger partial charge in [-0.3, -0.25) is 9.59 Å². The van der Waals surface area contributed by atoms with Crippen molar-refractivity contribution in [3.05, 3.63) is 62.9 Å². The van der Waals surface area contributed by atoms with Crippen molar-refractivity contribution in [3.8, 4) is 5.69 Å². The molecule has 29 heavy (non-hydrogen) atoms. The van der Waals surface area contributed by atoms with Gasteiger partial charge >= 0.3 is 11.8 Å². The molecule has 1 aromatic carbocycles. The van der Waals surface area contributed by atoms with E-state index >= 15 is 0 Å². The summed E-state index contributed by atoms with van der Waals surface area (Å²) in [6.45, 7) is 0.229. The second-order valence-corrected chi connectivity index (χ2v) is 9.94. The molecule has 0 aliphatic carbocycles. The van der Waals surface area contributed by atoms with Crippen LogP contribution in [-0.2, 0) is 37.5 Å².